The van der Waals surface area contributed by atoms with Gasteiger partial charge in [-0.25, -0.2) is 4.79 Å². The zero-order chi connectivity index (χ0) is 18.1. The summed E-state index contributed by atoms with van der Waals surface area (Å²) in [6.45, 7) is 1.17. The van der Waals surface area contributed by atoms with Gasteiger partial charge in [-0.15, -0.1) is 0 Å². The lowest BCUT2D eigenvalue weighted by molar-refractivity contribution is -0.118. The van der Waals surface area contributed by atoms with E-state index in [2.05, 4.69) is 5.32 Å². The van der Waals surface area contributed by atoms with Crippen molar-refractivity contribution in [3.63, 3.8) is 0 Å². The Balaban J connectivity index is 3.83. The summed E-state index contributed by atoms with van der Waals surface area (Å²) in [6, 6.07) is 0. The van der Waals surface area contributed by atoms with E-state index in [0.29, 0.717) is 3.57 Å². The van der Waals surface area contributed by atoms with Crippen molar-refractivity contribution < 1.29 is 24.3 Å². The van der Waals surface area contributed by atoms with Crippen LogP contribution in [0.15, 0.2) is 0 Å². The lowest BCUT2D eigenvalue weighted by Crippen LogP contribution is -2.32. The molecule has 0 radical (unpaired) electrons. The Kier molecular flexibility index (Phi) is 7.18. The van der Waals surface area contributed by atoms with Gasteiger partial charge < -0.3 is 10.0 Å². The van der Waals surface area contributed by atoms with Crippen LogP contribution in [0.5, 0.6) is 0 Å². The van der Waals surface area contributed by atoms with Gasteiger partial charge in [0.15, 0.2) is 0 Å². The van der Waals surface area contributed by atoms with Crippen LogP contribution in [0.3, 0.4) is 0 Å². The number of carbonyl (C=O) groups is 4. The van der Waals surface area contributed by atoms with E-state index < -0.39 is 23.7 Å². The molecule has 0 bridgehead atoms. The monoisotopic (exact) mass is 656 g/mol. The molecule has 23 heavy (non-hydrogen) atoms. The van der Waals surface area contributed by atoms with Gasteiger partial charge in [0.2, 0.25) is 5.91 Å². The van der Waals surface area contributed by atoms with Crippen LogP contribution in [-0.4, -0.2) is 47.8 Å². The van der Waals surface area contributed by atoms with Crippen molar-refractivity contribution in [3.05, 3.63) is 27.4 Å². The maximum Gasteiger partial charge on any atom is 0.337 e. The Morgan fingerprint density at radius 3 is 1.74 bits per heavy atom. The number of carboxylic acids is 1. The van der Waals surface area contributed by atoms with E-state index in [0.717, 1.165) is 0 Å². The van der Waals surface area contributed by atoms with Crippen LogP contribution in [0.25, 0.3) is 0 Å². The Bertz CT molecular complexity index is 731. The number of halogens is 3. The first-order valence-corrected chi connectivity index (χ1v) is 9.21. The number of nitrogens with zero attached hydrogens (tertiary/aromatic N) is 1. The summed E-state index contributed by atoms with van der Waals surface area (Å²) in [4.78, 5) is 48.6. The zero-order valence-electron chi connectivity index (χ0n) is 12.2. The first-order valence-electron chi connectivity index (χ1n) is 5.98. The third kappa shape index (κ3) is 4.32. The van der Waals surface area contributed by atoms with Crippen molar-refractivity contribution in [1.29, 1.82) is 0 Å². The number of carboxylic acid groups (broad SMARTS) is 1. The molecule has 0 heterocycles. The molecule has 1 aromatic rings. The fourth-order valence-corrected chi connectivity index (χ4v) is 6.26. The summed E-state index contributed by atoms with van der Waals surface area (Å²) in [5.41, 5.74) is -0.00217. The van der Waals surface area contributed by atoms with Gasteiger partial charge in [-0.2, -0.15) is 0 Å². The molecule has 10 heteroatoms. The number of aromatic carboxylic acids is 1. The van der Waals surface area contributed by atoms with Gasteiger partial charge in [-0.05, 0) is 67.8 Å². The summed E-state index contributed by atoms with van der Waals surface area (Å²) in [7, 11) is 3.06. The fraction of sp³-hybridized carbons (Fsp3) is 0.231. The fourth-order valence-electron chi connectivity index (χ4n) is 1.68. The van der Waals surface area contributed by atoms with Gasteiger partial charge in [0, 0.05) is 31.7 Å². The maximum absolute atomic E-state index is 12.4. The minimum atomic E-state index is -1.25. The lowest BCUT2D eigenvalue weighted by atomic mass is 10.0. The maximum atomic E-state index is 12.4. The molecule has 0 aromatic heterocycles. The molecule has 0 aliphatic heterocycles. The average Bonchev–Trinajstić information content (AvgIpc) is 2.36. The van der Waals surface area contributed by atoms with E-state index >= 15 is 0 Å². The minimum Gasteiger partial charge on any atom is -0.478 e. The van der Waals surface area contributed by atoms with E-state index in [4.69, 9.17) is 0 Å². The first-order chi connectivity index (χ1) is 10.5. The molecule has 0 atom stereocenters. The molecule has 1 rings (SSSR count). The molecule has 0 saturated heterocycles. The van der Waals surface area contributed by atoms with E-state index in [1.807, 2.05) is 22.6 Å². The molecule has 1 aromatic carbocycles. The van der Waals surface area contributed by atoms with Crippen molar-refractivity contribution in [2.45, 2.75) is 6.92 Å². The van der Waals surface area contributed by atoms with Crippen LogP contribution in [0.2, 0.25) is 0 Å². The Hall–Kier alpha value is -0.510. The second-order valence-electron chi connectivity index (χ2n) is 4.58. The van der Waals surface area contributed by atoms with Crippen LogP contribution < -0.4 is 5.32 Å². The number of rotatable bonds is 3. The van der Waals surface area contributed by atoms with E-state index in [-0.39, 0.29) is 23.8 Å². The van der Waals surface area contributed by atoms with Gasteiger partial charge in [-0.1, -0.05) is 0 Å². The van der Waals surface area contributed by atoms with Gasteiger partial charge in [0.1, 0.15) is 0 Å². The van der Waals surface area contributed by atoms with E-state index in [1.54, 1.807) is 45.2 Å². The van der Waals surface area contributed by atoms with Crippen molar-refractivity contribution in [2.24, 2.45) is 0 Å². The number of imide groups is 1. The topological polar surface area (TPSA) is 104 Å². The summed E-state index contributed by atoms with van der Waals surface area (Å²) < 4.78 is 0.735. The summed E-state index contributed by atoms with van der Waals surface area (Å²) in [5, 5.41) is 11.5. The molecule has 0 spiro atoms. The zero-order valence-corrected chi connectivity index (χ0v) is 18.6. The van der Waals surface area contributed by atoms with Crippen LogP contribution in [0, 0.1) is 10.7 Å². The molecule has 0 aliphatic rings. The molecule has 124 valence electrons. The highest BCUT2D eigenvalue weighted by molar-refractivity contribution is 14.1. The van der Waals surface area contributed by atoms with Crippen LogP contribution >= 0.6 is 67.8 Å². The third-order valence-corrected chi connectivity index (χ3v) is 5.90. The second-order valence-corrected chi connectivity index (χ2v) is 7.82. The first kappa shape index (κ1) is 20.5. The highest BCUT2D eigenvalue weighted by Gasteiger charge is 2.31. The van der Waals surface area contributed by atoms with Gasteiger partial charge >= 0.3 is 5.97 Å². The number of amides is 3. The molecule has 0 aliphatic carbocycles. The second kappa shape index (κ2) is 8.04. The molecule has 0 unspecified atom stereocenters. The van der Waals surface area contributed by atoms with E-state index in [1.165, 1.54) is 25.9 Å². The number of hydrogen-bond donors (Lipinski definition) is 2. The standard InChI is InChI=1S/C13H11I3N2O5/c1-4(19)17-11(20)5-8(14)6(12(21)18(2)3)10(16)7(9(5)15)13(22)23/h1-3H3,(H,22,23)(H,17,19,20). The predicted molar refractivity (Wildman–Crippen MR) is 108 cm³/mol. The molecule has 0 saturated carbocycles. The van der Waals surface area contributed by atoms with Crippen molar-refractivity contribution in [1.82, 2.24) is 10.2 Å². The highest BCUT2D eigenvalue weighted by atomic mass is 127. The van der Waals surface area contributed by atoms with Crippen LogP contribution in [-0.2, 0) is 4.79 Å². The summed E-state index contributed by atoms with van der Waals surface area (Å²) in [6.07, 6.45) is 0. The van der Waals surface area contributed by atoms with Crippen LogP contribution in [0.4, 0.5) is 0 Å². The number of hydrogen-bond acceptors (Lipinski definition) is 4. The van der Waals surface area contributed by atoms with Gasteiger partial charge in [0.25, 0.3) is 11.8 Å². The molecule has 7 nitrogen and oxygen atoms in total. The molecule has 2 N–H and O–H groups in total. The number of nitrogens with one attached hydrogen (secondary N) is 1. The van der Waals surface area contributed by atoms with Crippen molar-refractivity contribution in [3.8, 4) is 0 Å². The molecule has 3 amide bonds. The third-order valence-electron chi connectivity index (χ3n) is 2.67. The lowest BCUT2D eigenvalue weighted by Gasteiger charge is -2.19. The largest absolute Gasteiger partial charge is 0.478 e. The Morgan fingerprint density at radius 2 is 1.35 bits per heavy atom. The highest BCUT2D eigenvalue weighted by Crippen LogP contribution is 2.32. The Labute approximate surface area is 173 Å². The predicted octanol–water partition coefficient (Wildman–Crippen LogP) is 2.18. The number of benzene rings is 1. The molecule has 0 fully saturated rings. The molecular weight excluding hydrogens is 645 g/mol. The van der Waals surface area contributed by atoms with Crippen molar-refractivity contribution >= 4 is 91.5 Å². The number of carbonyl (C=O) groups excluding carboxylic acids is 3. The van der Waals surface area contributed by atoms with E-state index in [9.17, 15) is 24.3 Å². The SMILES string of the molecule is CC(=O)NC(=O)c1c(I)c(C(=O)O)c(I)c(C(=O)N(C)C)c1I. The summed E-state index contributed by atoms with van der Waals surface area (Å²) >= 11 is 5.35. The van der Waals surface area contributed by atoms with Gasteiger partial charge in [0.05, 0.1) is 16.7 Å². The van der Waals surface area contributed by atoms with Gasteiger partial charge in [-0.3, -0.25) is 19.7 Å². The smallest absolute Gasteiger partial charge is 0.337 e. The van der Waals surface area contributed by atoms with Crippen molar-refractivity contribution in [2.75, 3.05) is 14.1 Å². The normalized spacial score (nSPS) is 10.2. The summed E-state index contributed by atoms with van der Waals surface area (Å²) in [5.74, 6) is -2.98. The Morgan fingerprint density at radius 1 is 0.913 bits per heavy atom. The minimum absolute atomic E-state index is 0.00409. The average molecular weight is 656 g/mol. The van der Waals surface area contributed by atoms with Crippen LogP contribution in [0.1, 0.15) is 38.0 Å². The molecular formula is C13H11I3N2O5. The quantitative estimate of drug-likeness (QED) is 0.487.